The van der Waals surface area contributed by atoms with Gasteiger partial charge in [0.15, 0.2) is 17.0 Å². The number of alkyl halides is 3. The molecule has 0 aliphatic rings. The first-order valence-corrected chi connectivity index (χ1v) is 4.53. The second kappa shape index (κ2) is 3.59. The molecule has 0 unspecified atom stereocenters. The van der Waals surface area contributed by atoms with Crippen LogP contribution in [0, 0.1) is 0 Å². The molecule has 90 valence electrons. The van der Waals surface area contributed by atoms with Crippen LogP contribution in [0.4, 0.5) is 13.2 Å². The summed E-state index contributed by atoms with van der Waals surface area (Å²) in [5, 5.41) is 11.7. The molecule has 5 nitrogen and oxygen atoms in total. The summed E-state index contributed by atoms with van der Waals surface area (Å²) >= 11 is 5.54. The summed E-state index contributed by atoms with van der Waals surface area (Å²) in [6.07, 6.45) is -3.71. The molecular weight excluding hydrogens is 263 g/mol. The van der Waals surface area contributed by atoms with Gasteiger partial charge in [0, 0.05) is 6.07 Å². The fourth-order valence-corrected chi connectivity index (χ4v) is 1.45. The number of aromatic nitrogens is 3. The molecule has 0 atom stereocenters. The topological polar surface area (TPSA) is 67.5 Å². The van der Waals surface area contributed by atoms with E-state index in [-0.39, 0.29) is 10.7 Å². The van der Waals surface area contributed by atoms with Crippen molar-refractivity contribution in [2.45, 2.75) is 6.18 Å². The Labute approximate surface area is 96.4 Å². The third-order valence-corrected chi connectivity index (χ3v) is 2.21. The van der Waals surface area contributed by atoms with Crippen LogP contribution in [0.1, 0.15) is 16.2 Å². The summed E-state index contributed by atoms with van der Waals surface area (Å²) in [4.78, 5) is 14.4. The van der Waals surface area contributed by atoms with Gasteiger partial charge < -0.3 is 5.11 Å². The number of halogens is 4. The predicted molar refractivity (Wildman–Crippen MR) is 50.0 cm³/mol. The smallest absolute Gasteiger partial charge is 0.435 e. The Kier molecular flexibility index (Phi) is 2.46. The molecule has 9 heteroatoms. The number of carboxylic acid groups (broad SMARTS) is 1. The molecule has 0 aliphatic carbocycles. The molecule has 2 heterocycles. The molecule has 1 N–H and O–H groups in total. The van der Waals surface area contributed by atoms with Gasteiger partial charge in [0.1, 0.15) is 0 Å². The Hall–Kier alpha value is -1.83. The van der Waals surface area contributed by atoms with Gasteiger partial charge in [-0.1, -0.05) is 11.6 Å². The van der Waals surface area contributed by atoms with Crippen LogP contribution >= 0.6 is 11.6 Å². The van der Waals surface area contributed by atoms with Crippen molar-refractivity contribution in [3.8, 4) is 0 Å². The Bertz CT molecular complexity index is 608. The standard InChI is InChI=1S/C8H3ClF3N3O2/c9-3-2-13-5-1-4(8(10,11)12)14-15(5)6(3)7(16)17/h1-2H,(H,16,17). The third-order valence-electron chi connectivity index (χ3n) is 1.93. The second-order valence-corrected chi connectivity index (χ2v) is 3.46. The number of fused-ring (bicyclic) bond motifs is 1. The van der Waals surface area contributed by atoms with Gasteiger partial charge in [-0.2, -0.15) is 18.3 Å². The van der Waals surface area contributed by atoms with Crippen LogP contribution in [0.2, 0.25) is 5.02 Å². The minimum atomic E-state index is -4.67. The highest BCUT2D eigenvalue weighted by Crippen LogP contribution is 2.29. The van der Waals surface area contributed by atoms with Crippen LogP contribution in [0.3, 0.4) is 0 Å². The van der Waals surface area contributed by atoms with Gasteiger partial charge in [0.05, 0.1) is 11.2 Å². The summed E-state index contributed by atoms with van der Waals surface area (Å²) in [5.74, 6) is -1.49. The Morgan fingerprint density at radius 1 is 1.47 bits per heavy atom. The van der Waals surface area contributed by atoms with E-state index in [4.69, 9.17) is 16.7 Å². The van der Waals surface area contributed by atoms with E-state index in [1.54, 1.807) is 0 Å². The van der Waals surface area contributed by atoms with E-state index < -0.39 is 23.5 Å². The molecule has 0 saturated heterocycles. The van der Waals surface area contributed by atoms with Crippen LogP contribution in [0.25, 0.3) is 5.65 Å². The number of rotatable bonds is 1. The maximum Gasteiger partial charge on any atom is 0.435 e. The van der Waals surface area contributed by atoms with Crippen LogP contribution in [0.5, 0.6) is 0 Å². The average molecular weight is 266 g/mol. The maximum absolute atomic E-state index is 12.4. The van der Waals surface area contributed by atoms with Crippen LogP contribution < -0.4 is 0 Å². The van der Waals surface area contributed by atoms with E-state index in [2.05, 4.69) is 10.1 Å². The Morgan fingerprint density at radius 3 is 2.65 bits per heavy atom. The van der Waals surface area contributed by atoms with Crippen molar-refractivity contribution in [3.63, 3.8) is 0 Å². The summed E-state index contributed by atoms with van der Waals surface area (Å²) in [5.41, 5.74) is -2.03. The number of hydrogen-bond acceptors (Lipinski definition) is 3. The lowest BCUT2D eigenvalue weighted by atomic mass is 10.4. The van der Waals surface area contributed by atoms with Gasteiger partial charge in [-0.15, -0.1) is 0 Å². The van der Waals surface area contributed by atoms with Gasteiger partial charge in [0.25, 0.3) is 0 Å². The number of carbonyl (C=O) groups is 1. The minimum Gasteiger partial charge on any atom is -0.476 e. The second-order valence-electron chi connectivity index (χ2n) is 3.06. The van der Waals surface area contributed by atoms with Gasteiger partial charge in [-0.25, -0.2) is 14.3 Å². The number of aromatic carboxylic acids is 1. The molecule has 2 aromatic rings. The minimum absolute atomic E-state index is 0.237. The van der Waals surface area contributed by atoms with Crippen molar-refractivity contribution in [2.75, 3.05) is 0 Å². The van der Waals surface area contributed by atoms with E-state index in [0.717, 1.165) is 6.20 Å². The van der Waals surface area contributed by atoms with E-state index in [1.807, 2.05) is 0 Å². The van der Waals surface area contributed by atoms with Crippen LogP contribution in [0.15, 0.2) is 12.3 Å². The van der Waals surface area contributed by atoms with E-state index in [1.165, 1.54) is 0 Å². The quantitative estimate of drug-likeness (QED) is 0.857. The van der Waals surface area contributed by atoms with E-state index >= 15 is 0 Å². The molecule has 0 bridgehead atoms. The fraction of sp³-hybridized carbons (Fsp3) is 0.125. The molecule has 0 amide bonds. The summed E-state index contributed by atoms with van der Waals surface area (Å²) in [6, 6.07) is 0.642. The predicted octanol–water partition coefficient (Wildman–Crippen LogP) is 2.10. The number of nitrogens with zero attached hydrogens (tertiary/aromatic N) is 3. The zero-order valence-corrected chi connectivity index (χ0v) is 8.62. The first kappa shape index (κ1) is 11.6. The van der Waals surface area contributed by atoms with Gasteiger partial charge in [-0.3, -0.25) is 0 Å². The zero-order valence-electron chi connectivity index (χ0n) is 7.86. The first-order chi connectivity index (χ1) is 7.80. The lowest BCUT2D eigenvalue weighted by Gasteiger charge is -2.01. The lowest BCUT2D eigenvalue weighted by molar-refractivity contribution is -0.141. The highest BCUT2D eigenvalue weighted by molar-refractivity contribution is 6.33. The van der Waals surface area contributed by atoms with Gasteiger partial charge in [0.2, 0.25) is 0 Å². The Balaban J connectivity index is 2.78. The number of carboxylic acids is 1. The highest BCUT2D eigenvalue weighted by Gasteiger charge is 2.35. The van der Waals surface area contributed by atoms with Crippen LogP contribution in [-0.2, 0) is 6.18 Å². The highest BCUT2D eigenvalue weighted by atomic mass is 35.5. The molecule has 0 spiro atoms. The first-order valence-electron chi connectivity index (χ1n) is 4.15. The largest absolute Gasteiger partial charge is 0.476 e. The third kappa shape index (κ3) is 1.91. The summed E-state index contributed by atoms with van der Waals surface area (Å²) in [6.45, 7) is 0. The van der Waals surface area contributed by atoms with Crippen LogP contribution in [-0.4, -0.2) is 25.7 Å². The average Bonchev–Trinajstić information content (AvgIpc) is 2.59. The zero-order chi connectivity index (χ0) is 12.8. The van der Waals surface area contributed by atoms with Crippen molar-refractivity contribution in [1.29, 1.82) is 0 Å². The van der Waals surface area contributed by atoms with Crippen molar-refractivity contribution in [2.24, 2.45) is 0 Å². The number of hydrogen-bond donors (Lipinski definition) is 1. The van der Waals surface area contributed by atoms with E-state index in [9.17, 15) is 18.0 Å². The monoisotopic (exact) mass is 265 g/mol. The van der Waals surface area contributed by atoms with Gasteiger partial charge in [-0.05, 0) is 0 Å². The van der Waals surface area contributed by atoms with Crippen molar-refractivity contribution < 1.29 is 23.1 Å². The molecule has 0 radical (unpaired) electrons. The Morgan fingerprint density at radius 2 is 2.12 bits per heavy atom. The summed E-state index contributed by atoms with van der Waals surface area (Å²) < 4.78 is 37.7. The molecule has 17 heavy (non-hydrogen) atoms. The molecule has 2 rings (SSSR count). The SMILES string of the molecule is O=C(O)c1c(Cl)cnc2cc(C(F)(F)F)nn12. The molecule has 0 saturated carbocycles. The molecule has 2 aromatic heterocycles. The summed E-state index contributed by atoms with van der Waals surface area (Å²) in [7, 11) is 0. The lowest BCUT2D eigenvalue weighted by Crippen LogP contribution is -2.10. The van der Waals surface area contributed by atoms with E-state index in [0.29, 0.717) is 10.6 Å². The van der Waals surface area contributed by atoms with Crippen molar-refractivity contribution >= 4 is 23.2 Å². The molecule has 0 aliphatic heterocycles. The molecule has 0 aromatic carbocycles. The molecule has 0 fully saturated rings. The fourth-order valence-electron chi connectivity index (χ4n) is 1.24. The van der Waals surface area contributed by atoms with Crippen molar-refractivity contribution in [1.82, 2.24) is 14.6 Å². The van der Waals surface area contributed by atoms with Gasteiger partial charge >= 0.3 is 12.1 Å². The normalized spacial score (nSPS) is 12.0. The maximum atomic E-state index is 12.4. The molecular formula is C8H3ClF3N3O2. The van der Waals surface area contributed by atoms with Crippen molar-refractivity contribution in [3.05, 3.63) is 28.7 Å².